The van der Waals surface area contributed by atoms with Gasteiger partial charge in [0.2, 0.25) is 0 Å². The molecular weight excluding hydrogens is 369 g/mol. The van der Waals surface area contributed by atoms with Crippen LogP contribution in [0.5, 0.6) is 0 Å². The molecule has 14 heavy (non-hydrogen) atoms. The van der Waals surface area contributed by atoms with Gasteiger partial charge in [-0.05, 0) is 50.2 Å². The van der Waals surface area contributed by atoms with Crippen LogP contribution < -0.4 is 0 Å². The normalized spacial score (nSPS) is 10.3. The predicted octanol–water partition coefficient (Wildman–Crippen LogP) is 3.45. The van der Waals surface area contributed by atoms with Crippen LogP contribution in [0.2, 0.25) is 0 Å². The van der Waals surface area contributed by atoms with E-state index in [0.717, 1.165) is 0 Å². The van der Waals surface area contributed by atoms with Crippen molar-refractivity contribution >= 4 is 38.5 Å². The van der Waals surface area contributed by atoms with Crippen molar-refractivity contribution in [3.05, 3.63) is 25.5 Å². The molecule has 0 unspecified atom stereocenters. The Hall–Kier alpha value is -0.290. The van der Waals surface area contributed by atoms with Crippen LogP contribution >= 0.6 is 38.5 Å². The Kier molecular flexibility index (Phi) is 4.19. The lowest BCUT2D eigenvalue weighted by atomic mass is 10.1. The number of alkyl halides is 2. The van der Waals surface area contributed by atoms with E-state index in [2.05, 4.69) is 20.9 Å². The molecule has 0 atom stereocenters. The second-order valence-corrected chi connectivity index (χ2v) is 4.28. The molecule has 6 heteroatoms. The molecule has 1 rings (SSSR count). The first-order valence-electron chi connectivity index (χ1n) is 3.56. The van der Waals surface area contributed by atoms with E-state index in [0.29, 0.717) is 10.2 Å². The van der Waals surface area contributed by atoms with E-state index in [-0.39, 0.29) is 15.7 Å². The Morgan fingerprint density at radius 1 is 1.64 bits per heavy atom. The van der Waals surface area contributed by atoms with Gasteiger partial charge < -0.3 is 0 Å². The third-order valence-electron chi connectivity index (χ3n) is 1.55. The van der Waals surface area contributed by atoms with Crippen LogP contribution in [0.3, 0.4) is 0 Å². The van der Waals surface area contributed by atoms with E-state index < -0.39 is 6.43 Å². The van der Waals surface area contributed by atoms with Gasteiger partial charge in [-0.15, -0.1) is 0 Å². The van der Waals surface area contributed by atoms with Gasteiger partial charge >= 0.3 is 0 Å². The van der Waals surface area contributed by atoms with E-state index in [1.165, 1.54) is 6.07 Å². The van der Waals surface area contributed by atoms with Crippen LogP contribution in [0.15, 0.2) is 10.7 Å². The number of nitrogens with zero attached hydrogens (tertiary/aromatic N) is 2. The van der Waals surface area contributed by atoms with Crippen molar-refractivity contribution in [1.29, 1.82) is 5.26 Å². The average molecular weight is 373 g/mol. The number of hydrogen-bond acceptors (Lipinski definition) is 2. The van der Waals surface area contributed by atoms with Crippen LogP contribution in [0.4, 0.5) is 8.78 Å². The Bertz CT molecular complexity index is 390. The van der Waals surface area contributed by atoms with E-state index in [9.17, 15) is 8.78 Å². The molecule has 0 spiro atoms. The zero-order valence-electron chi connectivity index (χ0n) is 6.77. The molecular formula is C8H4BrF2IN2. The number of hydrogen-bond donors (Lipinski definition) is 0. The van der Waals surface area contributed by atoms with Gasteiger partial charge in [0.25, 0.3) is 6.43 Å². The molecule has 0 N–H and O–H groups in total. The molecule has 1 heterocycles. The van der Waals surface area contributed by atoms with Crippen molar-refractivity contribution in [1.82, 2.24) is 4.98 Å². The summed E-state index contributed by atoms with van der Waals surface area (Å²) in [4.78, 5) is 3.85. The van der Waals surface area contributed by atoms with Gasteiger partial charge in [-0.1, -0.05) is 0 Å². The highest BCUT2D eigenvalue weighted by Crippen LogP contribution is 2.29. The molecule has 0 aliphatic carbocycles. The minimum atomic E-state index is -2.59. The molecule has 0 saturated carbocycles. The van der Waals surface area contributed by atoms with Crippen molar-refractivity contribution in [3.63, 3.8) is 0 Å². The second kappa shape index (κ2) is 4.98. The van der Waals surface area contributed by atoms with Crippen LogP contribution in [-0.4, -0.2) is 4.98 Å². The lowest BCUT2D eigenvalue weighted by Gasteiger charge is -2.08. The monoisotopic (exact) mass is 372 g/mol. The molecule has 74 valence electrons. The van der Waals surface area contributed by atoms with Gasteiger partial charge in [-0.25, -0.2) is 13.8 Å². The molecule has 0 amide bonds. The minimum absolute atomic E-state index is 0.0310. The molecule has 1 aromatic heterocycles. The highest BCUT2D eigenvalue weighted by molar-refractivity contribution is 14.1. The molecule has 1 aromatic rings. The molecule has 0 aliphatic rings. The maximum absolute atomic E-state index is 12.6. The number of aromatic nitrogens is 1. The second-order valence-electron chi connectivity index (χ2n) is 2.44. The zero-order chi connectivity index (χ0) is 10.7. The van der Waals surface area contributed by atoms with Crippen molar-refractivity contribution in [2.24, 2.45) is 0 Å². The predicted molar refractivity (Wildman–Crippen MR) is 58.9 cm³/mol. The fourth-order valence-electron chi connectivity index (χ4n) is 1.00. The smallest absolute Gasteiger partial charge is 0.234 e. The summed E-state index contributed by atoms with van der Waals surface area (Å²) in [6, 6.07) is 3.30. The van der Waals surface area contributed by atoms with Gasteiger partial charge in [0.1, 0.15) is 8.30 Å². The van der Waals surface area contributed by atoms with E-state index in [1.807, 2.05) is 6.07 Å². The Balaban J connectivity index is 3.30. The van der Waals surface area contributed by atoms with Gasteiger partial charge in [-0.2, -0.15) is 5.26 Å². The van der Waals surface area contributed by atoms with Crippen molar-refractivity contribution in [2.45, 2.75) is 12.8 Å². The molecule has 0 bridgehead atoms. The third-order valence-corrected chi connectivity index (χ3v) is 2.78. The summed E-state index contributed by atoms with van der Waals surface area (Å²) in [7, 11) is 0. The Morgan fingerprint density at radius 3 is 2.79 bits per heavy atom. The van der Waals surface area contributed by atoms with Crippen LogP contribution in [0, 0.1) is 15.0 Å². The first-order valence-corrected chi connectivity index (χ1v) is 5.43. The summed E-state index contributed by atoms with van der Waals surface area (Å²) in [6.07, 6.45) is -2.62. The summed E-state index contributed by atoms with van der Waals surface area (Å²) in [5.74, 6) is 0. The van der Waals surface area contributed by atoms with Crippen molar-refractivity contribution in [2.75, 3.05) is 0 Å². The van der Waals surface area contributed by atoms with Crippen LogP contribution in [0.1, 0.15) is 17.6 Å². The fraction of sp³-hybridized carbons (Fsp3) is 0.250. The SMILES string of the molecule is N#CCc1cc(Br)nc(I)c1C(F)F. The first kappa shape index (κ1) is 11.8. The molecule has 0 fully saturated rings. The van der Waals surface area contributed by atoms with Gasteiger partial charge in [0.15, 0.2) is 0 Å². The molecule has 0 saturated heterocycles. The third kappa shape index (κ3) is 2.60. The number of pyridine rings is 1. The summed E-state index contributed by atoms with van der Waals surface area (Å²) < 4.78 is 25.9. The van der Waals surface area contributed by atoms with Gasteiger partial charge in [-0.3, -0.25) is 0 Å². The largest absolute Gasteiger partial charge is 0.266 e. The van der Waals surface area contributed by atoms with E-state index in [4.69, 9.17) is 5.26 Å². The van der Waals surface area contributed by atoms with Gasteiger partial charge in [0, 0.05) is 0 Å². The number of halogens is 4. The molecule has 0 aliphatic heterocycles. The zero-order valence-corrected chi connectivity index (χ0v) is 10.5. The average Bonchev–Trinajstić information content (AvgIpc) is 2.01. The van der Waals surface area contributed by atoms with Crippen molar-refractivity contribution in [3.8, 4) is 6.07 Å². The minimum Gasteiger partial charge on any atom is -0.234 e. The van der Waals surface area contributed by atoms with Gasteiger partial charge in [0.05, 0.1) is 18.1 Å². The summed E-state index contributed by atoms with van der Waals surface area (Å²) in [5.41, 5.74) is 0.184. The first-order chi connectivity index (χ1) is 6.56. The van der Waals surface area contributed by atoms with Crippen molar-refractivity contribution < 1.29 is 8.78 Å². The maximum Gasteiger partial charge on any atom is 0.266 e. The maximum atomic E-state index is 12.6. The highest BCUT2D eigenvalue weighted by atomic mass is 127. The van der Waals surface area contributed by atoms with Crippen LogP contribution in [-0.2, 0) is 6.42 Å². The lowest BCUT2D eigenvalue weighted by Crippen LogP contribution is -2.00. The summed E-state index contributed by atoms with van der Waals surface area (Å²) in [5, 5.41) is 8.47. The Morgan fingerprint density at radius 2 is 2.29 bits per heavy atom. The van der Waals surface area contributed by atoms with E-state index in [1.54, 1.807) is 22.6 Å². The molecule has 0 radical (unpaired) electrons. The fourth-order valence-corrected chi connectivity index (χ4v) is 2.63. The topological polar surface area (TPSA) is 36.7 Å². The molecule has 0 aromatic carbocycles. The standard InChI is InChI=1S/C8H4BrF2IN2/c9-5-3-4(1-2-13)6(7(10)11)8(12)14-5/h3,7H,1H2. The van der Waals surface area contributed by atoms with E-state index >= 15 is 0 Å². The highest BCUT2D eigenvalue weighted by Gasteiger charge is 2.18. The van der Waals surface area contributed by atoms with Crippen LogP contribution in [0.25, 0.3) is 0 Å². The summed E-state index contributed by atoms with van der Waals surface area (Å²) in [6.45, 7) is 0. The Labute approximate surface area is 102 Å². The lowest BCUT2D eigenvalue weighted by molar-refractivity contribution is 0.149. The summed E-state index contributed by atoms with van der Waals surface area (Å²) >= 11 is 4.83. The molecule has 2 nitrogen and oxygen atoms in total. The number of rotatable bonds is 2. The number of nitriles is 1. The quantitative estimate of drug-likeness (QED) is 0.589.